The van der Waals surface area contributed by atoms with Crippen LogP contribution < -0.4 is 4.74 Å². The lowest BCUT2D eigenvalue weighted by atomic mass is 10.0. The van der Waals surface area contributed by atoms with Gasteiger partial charge in [0.25, 0.3) is 0 Å². The Labute approximate surface area is 159 Å². The minimum absolute atomic E-state index is 0.443. The van der Waals surface area contributed by atoms with Gasteiger partial charge in [-0.3, -0.25) is 0 Å². The van der Waals surface area contributed by atoms with Crippen molar-refractivity contribution in [1.29, 1.82) is 0 Å². The van der Waals surface area contributed by atoms with Gasteiger partial charge in [-0.1, -0.05) is 25.1 Å². The number of rotatable bonds is 4. The molecule has 6 heteroatoms. The van der Waals surface area contributed by atoms with Gasteiger partial charge in [0.1, 0.15) is 5.75 Å². The molecule has 1 aromatic carbocycles. The summed E-state index contributed by atoms with van der Waals surface area (Å²) in [6.45, 7) is 8.16. The van der Waals surface area contributed by atoms with Crippen molar-refractivity contribution >= 4 is 17.6 Å². The lowest BCUT2D eigenvalue weighted by Gasteiger charge is -2.28. The van der Waals surface area contributed by atoms with Crippen LogP contribution in [0.4, 0.5) is 0 Å². The van der Waals surface area contributed by atoms with Crippen LogP contribution in [0.25, 0.3) is 0 Å². The van der Waals surface area contributed by atoms with E-state index in [1.807, 2.05) is 30.0 Å². The quantitative estimate of drug-likeness (QED) is 0.371. The van der Waals surface area contributed by atoms with Crippen LogP contribution in [0.2, 0.25) is 0 Å². The number of amidine groups is 1. The Morgan fingerprint density at radius 2 is 2.00 bits per heavy atom. The number of thioether (sulfide) groups is 1. The van der Waals surface area contributed by atoms with Crippen LogP contribution in [-0.2, 0) is 0 Å². The Kier molecular flexibility index (Phi) is 6.04. The molecule has 0 radical (unpaired) electrons. The summed E-state index contributed by atoms with van der Waals surface area (Å²) in [4.78, 5) is 6.48. The minimum atomic E-state index is 0.443. The molecule has 0 saturated carbocycles. The summed E-state index contributed by atoms with van der Waals surface area (Å²) >= 11 is 1.92. The van der Waals surface area contributed by atoms with Gasteiger partial charge >= 0.3 is 0 Å². The summed E-state index contributed by atoms with van der Waals surface area (Å²) in [7, 11) is 0. The van der Waals surface area contributed by atoms with Crippen LogP contribution in [0.1, 0.15) is 36.5 Å². The Hall–Kier alpha value is -2.21. The molecule has 0 atom stereocenters. The molecule has 2 aromatic rings. The van der Waals surface area contributed by atoms with Gasteiger partial charge < -0.3 is 14.8 Å². The zero-order valence-corrected chi connectivity index (χ0v) is 16.3. The summed E-state index contributed by atoms with van der Waals surface area (Å²) in [5, 5.41) is 12.9. The third-order valence-electron chi connectivity index (χ3n) is 4.36. The SMILES string of the molecule is Cc1cc(Oc2ccc(/C(=N/O)N3CCSCC3)cn2)cc(C(C)C)c1. The number of hydrogen-bond acceptors (Lipinski definition) is 5. The minimum Gasteiger partial charge on any atom is -0.439 e. The fraction of sp³-hybridized carbons (Fsp3) is 0.400. The number of benzene rings is 1. The van der Waals surface area contributed by atoms with Crippen LogP contribution in [0.15, 0.2) is 41.7 Å². The average molecular weight is 372 g/mol. The smallest absolute Gasteiger partial charge is 0.219 e. The zero-order chi connectivity index (χ0) is 18.5. The van der Waals surface area contributed by atoms with E-state index in [2.05, 4.69) is 47.9 Å². The Balaban J connectivity index is 1.75. The van der Waals surface area contributed by atoms with Crippen molar-refractivity contribution in [1.82, 2.24) is 9.88 Å². The highest BCUT2D eigenvalue weighted by Crippen LogP contribution is 2.26. The predicted octanol–water partition coefficient (Wildman–Crippen LogP) is 4.49. The molecule has 5 nitrogen and oxygen atoms in total. The van der Waals surface area contributed by atoms with Gasteiger partial charge in [0.15, 0.2) is 5.84 Å². The van der Waals surface area contributed by atoms with E-state index in [0.717, 1.165) is 35.9 Å². The maximum atomic E-state index is 9.43. The van der Waals surface area contributed by atoms with Crippen molar-refractivity contribution in [2.75, 3.05) is 24.6 Å². The van der Waals surface area contributed by atoms with Crippen LogP contribution in [0.5, 0.6) is 11.6 Å². The van der Waals surface area contributed by atoms with E-state index in [1.54, 1.807) is 6.20 Å². The van der Waals surface area contributed by atoms with Crippen LogP contribution in [0, 0.1) is 6.92 Å². The fourth-order valence-corrected chi connectivity index (χ4v) is 3.84. The van der Waals surface area contributed by atoms with Gasteiger partial charge in [0.05, 0.1) is 0 Å². The second-order valence-electron chi connectivity index (χ2n) is 6.74. The Morgan fingerprint density at radius 1 is 1.23 bits per heavy atom. The van der Waals surface area contributed by atoms with Crippen LogP contribution >= 0.6 is 11.8 Å². The van der Waals surface area contributed by atoms with E-state index in [1.165, 1.54) is 11.1 Å². The molecule has 0 spiro atoms. The standard InChI is InChI=1S/C20H25N3O2S/c1-14(2)17-10-15(3)11-18(12-17)25-19-5-4-16(13-21-19)20(22-24)23-6-8-26-9-7-23/h4-5,10-14,24H,6-9H2,1-3H3/b22-20-. The number of ether oxygens (including phenoxy) is 1. The molecular formula is C20H25N3O2S. The molecule has 0 unspecified atom stereocenters. The maximum absolute atomic E-state index is 9.43. The van der Waals surface area contributed by atoms with Gasteiger partial charge in [0, 0.05) is 42.4 Å². The van der Waals surface area contributed by atoms with Gasteiger partial charge in [-0.05, 0) is 42.2 Å². The molecule has 138 valence electrons. The first kappa shape index (κ1) is 18.6. The van der Waals surface area contributed by atoms with Crippen molar-refractivity contribution in [2.45, 2.75) is 26.7 Å². The molecule has 1 aliphatic heterocycles. The normalized spacial score (nSPS) is 15.4. The maximum Gasteiger partial charge on any atom is 0.219 e. The first-order chi connectivity index (χ1) is 12.6. The number of hydrogen-bond donors (Lipinski definition) is 1. The lowest BCUT2D eigenvalue weighted by molar-refractivity contribution is 0.303. The number of aromatic nitrogens is 1. The molecule has 1 N–H and O–H groups in total. The van der Waals surface area contributed by atoms with Crippen molar-refractivity contribution in [3.63, 3.8) is 0 Å². The zero-order valence-electron chi connectivity index (χ0n) is 15.5. The third kappa shape index (κ3) is 4.49. The van der Waals surface area contributed by atoms with Crippen molar-refractivity contribution in [3.8, 4) is 11.6 Å². The topological polar surface area (TPSA) is 58.0 Å². The summed E-state index contributed by atoms with van der Waals surface area (Å²) in [6, 6.07) is 9.94. The van der Waals surface area contributed by atoms with Gasteiger partial charge in [0.2, 0.25) is 5.88 Å². The summed E-state index contributed by atoms with van der Waals surface area (Å²) in [5.74, 6) is 4.41. The van der Waals surface area contributed by atoms with E-state index >= 15 is 0 Å². The number of nitrogens with zero attached hydrogens (tertiary/aromatic N) is 3. The molecular weight excluding hydrogens is 346 g/mol. The van der Waals surface area contributed by atoms with Crippen molar-refractivity contribution < 1.29 is 9.94 Å². The third-order valence-corrected chi connectivity index (χ3v) is 5.30. The second kappa shape index (κ2) is 8.45. The number of oxime groups is 1. The average Bonchev–Trinajstić information content (AvgIpc) is 2.64. The molecule has 0 aliphatic carbocycles. The fourth-order valence-electron chi connectivity index (χ4n) is 2.94. The van der Waals surface area contributed by atoms with Crippen LogP contribution in [0.3, 0.4) is 0 Å². The molecule has 0 amide bonds. The van der Waals surface area contributed by atoms with Crippen molar-refractivity contribution in [3.05, 3.63) is 53.2 Å². The van der Waals surface area contributed by atoms with E-state index in [0.29, 0.717) is 17.6 Å². The largest absolute Gasteiger partial charge is 0.439 e. The van der Waals surface area contributed by atoms with Crippen LogP contribution in [-0.4, -0.2) is 45.5 Å². The molecule has 1 fully saturated rings. The first-order valence-corrected chi connectivity index (χ1v) is 10.0. The van der Waals surface area contributed by atoms with E-state index < -0.39 is 0 Å². The summed E-state index contributed by atoms with van der Waals surface area (Å²) in [5.41, 5.74) is 3.20. The summed E-state index contributed by atoms with van der Waals surface area (Å²) in [6.07, 6.45) is 1.70. The highest BCUT2D eigenvalue weighted by molar-refractivity contribution is 7.99. The summed E-state index contributed by atoms with van der Waals surface area (Å²) < 4.78 is 5.93. The molecule has 3 rings (SSSR count). The highest BCUT2D eigenvalue weighted by atomic mass is 32.2. The van der Waals surface area contributed by atoms with Gasteiger partial charge in [-0.25, -0.2) is 4.98 Å². The monoisotopic (exact) mass is 371 g/mol. The molecule has 1 aliphatic rings. The molecule has 26 heavy (non-hydrogen) atoms. The second-order valence-corrected chi connectivity index (χ2v) is 7.97. The van der Waals surface area contributed by atoms with E-state index in [9.17, 15) is 5.21 Å². The first-order valence-electron chi connectivity index (χ1n) is 8.87. The van der Waals surface area contributed by atoms with Gasteiger partial charge in [-0.15, -0.1) is 0 Å². The molecule has 1 saturated heterocycles. The van der Waals surface area contributed by atoms with Gasteiger partial charge in [-0.2, -0.15) is 11.8 Å². The lowest BCUT2D eigenvalue weighted by Crippen LogP contribution is -2.38. The Bertz CT molecular complexity index is 769. The molecule has 2 heterocycles. The van der Waals surface area contributed by atoms with E-state index in [-0.39, 0.29) is 0 Å². The highest BCUT2D eigenvalue weighted by Gasteiger charge is 2.18. The molecule has 1 aromatic heterocycles. The molecule has 0 bridgehead atoms. The number of pyridine rings is 1. The van der Waals surface area contributed by atoms with Crippen molar-refractivity contribution in [2.24, 2.45) is 5.16 Å². The van der Waals surface area contributed by atoms with E-state index in [4.69, 9.17) is 4.74 Å². The predicted molar refractivity (Wildman–Crippen MR) is 107 cm³/mol. The Morgan fingerprint density at radius 3 is 2.62 bits per heavy atom. The number of aryl methyl sites for hydroxylation is 1.